The summed E-state index contributed by atoms with van der Waals surface area (Å²) in [6.45, 7) is 9.96. The Morgan fingerprint density at radius 2 is 1.30 bits per heavy atom. The molecule has 0 heterocycles. The highest BCUT2D eigenvalue weighted by Crippen LogP contribution is 2.18. The van der Waals surface area contributed by atoms with E-state index in [0.29, 0.717) is 6.29 Å². The van der Waals surface area contributed by atoms with Crippen molar-refractivity contribution in [2.45, 2.75) is 84.2 Å². The number of methoxy groups -OCH3 is 1. The van der Waals surface area contributed by atoms with Crippen LogP contribution in [0.1, 0.15) is 60.8 Å². The fourth-order valence-electron chi connectivity index (χ4n) is 1.86. The largest absolute Gasteiger partial charge is 0.509 e. The van der Waals surface area contributed by atoms with Gasteiger partial charge in [-0.15, -0.1) is 0 Å². The maximum absolute atomic E-state index is 11.9. The molecule has 0 aromatic carbocycles. The molecule has 0 aliphatic rings. The van der Waals surface area contributed by atoms with E-state index in [9.17, 15) is 19.2 Å². The molecular weight excluding hydrogens is 360 g/mol. The van der Waals surface area contributed by atoms with E-state index in [1.165, 1.54) is 7.11 Å². The van der Waals surface area contributed by atoms with Gasteiger partial charge in [-0.3, -0.25) is 4.79 Å². The molecule has 0 amide bonds. The van der Waals surface area contributed by atoms with Crippen LogP contribution in [0.5, 0.6) is 0 Å². The number of rotatable bonds is 8. The van der Waals surface area contributed by atoms with E-state index >= 15 is 0 Å². The fourth-order valence-corrected chi connectivity index (χ4v) is 1.86. The van der Waals surface area contributed by atoms with E-state index in [1.807, 2.05) is 0 Å². The summed E-state index contributed by atoms with van der Waals surface area (Å²) in [5.41, 5.74) is -1.57. The summed E-state index contributed by atoms with van der Waals surface area (Å²) in [7, 11) is 1.19. The van der Waals surface area contributed by atoms with Crippen LogP contribution < -0.4 is 0 Å². The second kappa shape index (κ2) is 10.7. The van der Waals surface area contributed by atoms with Crippen molar-refractivity contribution in [2.75, 3.05) is 7.11 Å². The molecule has 2 atom stereocenters. The van der Waals surface area contributed by atoms with Crippen molar-refractivity contribution in [1.29, 1.82) is 0 Å². The summed E-state index contributed by atoms with van der Waals surface area (Å²) in [4.78, 5) is 46.2. The topological polar surface area (TPSA) is 114 Å². The lowest BCUT2D eigenvalue weighted by molar-refractivity contribution is -0.143. The molecule has 2 unspecified atom stereocenters. The second-order valence-corrected chi connectivity index (χ2v) is 7.83. The van der Waals surface area contributed by atoms with E-state index in [2.05, 4.69) is 4.74 Å². The smallest absolute Gasteiger partial charge is 0.469 e. The molecule has 0 saturated carbocycles. The highest BCUT2D eigenvalue weighted by molar-refractivity contribution is 5.70. The Morgan fingerprint density at radius 1 is 0.852 bits per heavy atom. The molecule has 156 valence electrons. The maximum Gasteiger partial charge on any atom is 0.509 e. The van der Waals surface area contributed by atoms with Crippen LogP contribution in [0.2, 0.25) is 0 Å². The van der Waals surface area contributed by atoms with Gasteiger partial charge >= 0.3 is 18.3 Å². The average Bonchev–Trinajstić information content (AvgIpc) is 2.42. The zero-order chi connectivity index (χ0) is 21.3. The first-order chi connectivity index (χ1) is 12.3. The number of hydrogen-bond acceptors (Lipinski definition) is 9. The van der Waals surface area contributed by atoms with Crippen LogP contribution in [0.4, 0.5) is 9.59 Å². The molecule has 0 spiro atoms. The summed E-state index contributed by atoms with van der Waals surface area (Å²) in [6, 6.07) is 0. The Bertz CT molecular complexity index is 514. The lowest BCUT2D eigenvalue weighted by Gasteiger charge is -2.25. The Hall–Kier alpha value is -2.32. The number of carbonyl (C=O) groups is 4. The number of ether oxygens (including phenoxy) is 5. The van der Waals surface area contributed by atoms with Crippen LogP contribution in [0, 0.1) is 0 Å². The van der Waals surface area contributed by atoms with E-state index in [1.54, 1.807) is 41.5 Å². The van der Waals surface area contributed by atoms with E-state index < -0.39 is 41.7 Å². The molecule has 0 aliphatic carbocycles. The molecule has 0 rings (SSSR count). The highest BCUT2D eigenvalue weighted by atomic mass is 16.7. The predicted molar refractivity (Wildman–Crippen MR) is 94.1 cm³/mol. The first-order valence-electron chi connectivity index (χ1n) is 8.55. The number of carbonyl (C=O) groups excluding carboxylic acids is 4. The van der Waals surface area contributed by atoms with Crippen molar-refractivity contribution in [3.05, 3.63) is 0 Å². The predicted octanol–water partition coefficient (Wildman–Crippen LogP) is 3.17. The van der Waals surface area contributed by atoms with Gasteiger partial charge in [0.2, 0.25) is 0 Å². The van der Waals surface area contributed by atoms with Gasteiger partial charge in [0.15, 0.2) is 0 Å². The Labute approximate surface area is 159 Å². The minimum absolute atomic E-state index is 0.105. The highest BCUT2D eigenvalue weighted by Gasteiger charge is 2.29. The third kappa shape index (κ3) is 13.5. The monoisotopic (exact) mass is 390 g/mol. The van der Waals surface area contributed by atoms with Crippen LogP contribution in [0.25, 0.3) is 0 Å². The van der Waals surface area contributed by atoms with Gasteiger partial charge in [-0.2, -0.15) is 0 Å². The minimum atomic E-state index is -1.01. The van der Waals surface area contributed by atoms with Crippen molar-refractivity contribution in [3.8, 4) is 0 Å². The third-order valence-corrected chi connectivity index (χ3v) is 2.81. The standard InChI is InChI=1S/C18H30O9/c1-17(2,3)26-15(21)24-12(8-9-19)10-13(11-14(20)23-7)25-16(22)27-18(4,5)6/h9,12-13H,8,10-11H2,1-7H3. The van der Waals surface area contributed by atoms with Gasteiger partial charge in [-0.05, 0) is 41.5 Å². The Kier molecular flexibility index (Phi) is 9.82. The average molecular weight is 390 g/mol. The molecule has 0 radical (unpaired) electrons. The van der Waals surface area contributed by atoms with Gasteiger partial charge in [0.25, 0.3) is 0 Å². The summed E-state index contributed by atoms with van der Waals surface area (Å²) < 4.78 is 24.9. The molecule has 0 saturated heterocycles. The molecule has 0 fully saturated rings. The van der Waals surface area contributed by atoms with Crippen molar-refractivity contribution in [3.63, 3.8) is 0 Å². The van der Waals surface area contributed by atoms with Crippen LogP contribution >= 0.6 is 0 Å². The van der Waals surface area contributed by atoms with Gasteiger partial charge in [0.05, 0.1) is 13.5 Å². The summed E-state index contributed by atoms with van der Waals surface area (Å²) >= 11 is 0. The van der Waals surface area contributed by atoms with Crippen molar-refractivity contribution in [1.82, 2.24) is 0 Å². The molecule has 9 heteroatoms. The fraction of sp³-hybridized carbons (Fsp3) is 0.778. The van der Waals surface area contributed by atoms with Gasteiger partial charge in [0.1, 0.15) is 29.7 Å². The first-order valence-corrected chi connectivity index (χ1v) is 8.55. The summed E-state index contributed by atoms with van der Waals surface area (Å²) in [5, 5.41) is 0. The van der Waals surface area contributed by atoms with Gasteiger partial charge in [-0.1, -0.05) is 0 Å². The molecule has 0 N–H and O–H groups in total. The van der Waals surface area contributed by atoms with Gasteiger partial charge < -0.3 is 28.5 Å². The van der Waals surface area contributed by atoms with E-state index in [0.717, 1.165) is 0 Å². The lowest BCUT2D eigenvalue weighted by atomic mass is 10.1. The van der Waals surface area contributed by atoms with E-state index in [4.69, 9.17) is 18.9 Å². The van der Waals surface area contributed by atoms with Gasteiger partial charge in [-0.25, -0.2) is 9.59 Å². The summed E-state index contributed by atoms with van der Waals surface area (Å²) in [6.07, 6.45) is -3.92. The van der Waals surface area contributed by atoms with Crippen LogP contribution in [0.15, 0.2) is 0 Å². The quantitative estimate of drug-likeness (QED) is 0.350. The SMILES string of the molecule is COC(=O)CC(CC(CC=O)OC(=O)OC(C)(C)C)OC(=O)OC(C)(C)C. The van der Waals surface area contributed by atoms with Crippen LogP contribution in [-0.4, -0.2) is 55.1 Å². The van der Waals surface area contributed by atoms with Crippen molar-refractivity contribution >= 4 is 24.6 Å². The van der Waals surface area contributed by atoms with Crippen molar-refractivity contribution < 1.29 is 42.9 Å². The number of hydrogen-bond donors (Lipinski definition) is 0. The summed E-state index contributed by atoms with van der Waals surface area (Å²) in [5.74, 6) is -0.634. The molecule has 0 aromatic rings. The zero-order valence-electron chi connectivity index (χ0n) is 17.0. The van der Waals surface area contributed by atoms with Gasteiger partial charge in [0, 0.05) is 12.8 Å². The Morgan fingerprint density at radius 3 is 1.67 bits per heavy atom. The molecule has 27 heavy (non-hydrogen) atoms. The first kappa shape index (κ1) is 24.7. The molecule has 9 nitrogen and oxygen atoms in total. The lowest BCUT2D eigenvalue weighted by Crippen LogP contribution is -2.33. The number of esters is 1. The molecule has 0 bridgehead atoms. The van der Waals surface area contributed by atoms with E-state index in [-0.39, 0.29) is 19.3 Å². The molecular formula is C18H30O9. The molecule has 0 aromatic heterocycles. The van der Waals surface area contributed by atoms with Crippen molar-refractivity contribution in [2.24, 2.45) is 0 Å². The van der Waals surface area contributed by atoms with Crippen LogP contribution in [-0.2, 0) is 33.3 Å². The van der Waals surface area contributed by atoms with Crippen LogP contribution in [0.3, 0.4) is 0 Å². The molecule has 0 aliphatic heterocycles. The Balaban J connectivity index is 5.08. The number of aldehydes is 1. The second-order valence-electron chi connectivity index (χ2n) is 7.83. The third-order valence-electron chi connectivity index (χ3n) is 2.81. The minimum Gasteiger partial charge on any atom is -0.469 e. The maximum atomic E-state index is 11.9. The normalized spacial score (nSPS) is 13.7. The zero-order valence-corrected chi connectivity index (χ0v) is 17.0.